The summed E-state index contributed by atoms with van der Waals surface area (Å²) in [4.78, 5) is 4.37. The van der Waals surface area contributed by atoms with Crippen molar-refractivity contribution in [1.29, 1.82) is 0 Å². The summed E-state index contributed by atoms with van der Waals surface area (Å²) < 4.78 is 1.86. The number of pyridine rings is 1. The van der Waals surface area contributed by atoms with Crippen molar-refractivity contribution in [2.24, 2.45) is 12.8 Å². The zero-order valence-corrected chi connectivity index (χ0v) is 10.0. The van der Waals surface area contributed by atoms with Crippen LogP contribution >= 0.6 is 11.8 Å². The van der Waals surface area contributed by atoms with Crippen molar-refractivity contribution in [2.75, 3.05) is 0 Å². The molecule has 2 aromatic heterocycles. The second kappa shape index (κ2) is 4.63. The van der Waals surface area contributed by atoms with Crippen molar-refractivity contribution in [3.8, 4) is 0 Å². The maximum atomic E-state index is 5.56. The van der Waals surface area contributed by atoms with Gasteiger partial charge in [0.2, 0.25) is 0 Å². The maximum Gasteiger partial charge on any atom is 0.197 e. The van der Waals surface area contributed by atoms with Gasteiger partial charge in [-0.3, -0.25) is 0 Å². The van der Waals surface area contributed by atoms with Gasteiger partial charge in [-0.2, -0.15) is 0 Å². The first-order chi connectivity index (χ1) is 7.70. The van der Waals surface area contributed by atoms with Gasteiger partial charge in [0.05, 0.1) is 0 Å². The molecule has 0 unspecified atom stereocenters. The smallest absolute Gasteiger partial charge is 0.197 e. The molecule has 0 saturated carbocycles. The lowest BCUT2D eigenvalue weighted by Crippen LogP contribution is -1.99. The number of rotatable bonds is 3. The maximum absolute atomic E-state index is 5.56. The molecular weight excluding hydrogens is 222 g/mol. The molecule has 2 heterocycles. The summed E-state index contributed by atoms with van der Waals surface area (Å²) in [6.07, 6.45) is 3.47. The Morgan fingerprint density at radius 3 is 2.88 bits per heavy atom. The van der Waals surface area contributed by atoms with E-state index in [-0.39, 0.29) is 0 Å². The van der Waals surface area contributed by atoms with E-state index in [9.17, 15) is 0 Å². The standard InChI is InChI=1S/C10H13N5S/c1-7-3-8(4-11)5-12-9(7)16-10-14-13-6-15(10)2/h3,5-6H,4,11H2,1-2H3. The Labute approximate surface area is 98.1 Å². The molecule has 0 bridgehead atoms. The van der Waals surface area contributed by atoms with Crippen LogP contribution in [0.25, 0.3) is 0 Å². The highest BCUT2D eigenvalue weighted by atomic mass is 32.2. The number of hydrogen-bond donors (Lipinski definition) is 1. The van der Waals surface area contributed by atoms with Crippen molar-refractivity contribution in [3.63, 3.8) is 0 Å². The van der Waals surface area contributed by atoms with Crippen LogP contribution in [0.3, 0.4) is 0 Å². The van der Waals surface area contributed by atoms with E-state index in [4.69, 9.17) is 5.73 Å². The second-order valence-electron chi connectivity index (χ2n) is 3.50. The van der Waals surface area contributed by atoms with Gasteiger partial charge in [-0.1, -0.05) is 6.07 Å². The summed E-state index contributed by atoms with van der Waals surface area (Å²) in [7, 11) is 1.91. The summed E-state index contributed by atoms with van der Waals surface area (Å²) in [5.41, 5.74) is 7.70. The van der Waals surface area contributed by atoms with E-state index in [0.717, 1.165) is 21.3 Å². The molecule has 0 aromatic carbocycles. The number of aryl methyl sites for hydroxylation is 2. The highest BCUT2D eigenvalue weighted by Crippen LogP contribution is 2.26. The van der Waals surface area contributed by atoms with Gasteiger partial charge in [0, 0.05) is 19.8 Å². The summed E-state index contributed by atoms with van der Waals surface area (Å²) in [6, 6.07) is 2.05. The lowest BCUT2D eigenvalue weighted by atomic mass is 10.2. The third-order valence-electron chi connectivity index (χ3n) is 2.18. The molecule has 0 radical (unpaired) electrons. The fourth-order valence-electron chi connectivity index (χ4n) is 1.29. The van der Waals surface area contributed by atoms with Crippen molar-refractivity contribution >= 4 is 11.8 Å². The van der Waals surface area contributed by atoms with E-state index in [1.54, 1.807) is 12.5 Å². The first-order valence-electron chi connectivity index (χ1n) is 4.88. The summed E-state index contributed by atoms with van der Waals surface area (Å²) in [5.74, 6) is 0. The van der Waals surface area contributed by atoms with Crippen LogP contribution in [-0.2, 0) is 13.6 Å². The van der Waals surface area contributed by atoms with Crippen LogP contribution in [-0.4, -0.2) is 19.7 Å². The Bertz CT molecular complexity index is 494. The van der Waals surface area contributed by atoms with E-state index in [2.05, 4.69) is 15.2 Å². The van der Waals surface area contributed by atoms with E-state index in [1.807, 2.05) is 24.6 Å². The SMILES string of the molecule is Cc1cc(CN)cnc1Sc1nncn1C. The zero-order chi connectivity index (χ0) is 11.5. The van der Waals surface area contributed by atoms with Gasteiger partial charge >= 0.3 is 0 Å². The molecule has 0 aliphatic rings. The average molecular weight is 235 g/mol. The summed E-state index contributed by atoms with van der Waals surface area (Å²) >= 11 is 1.50. The molecule has 5 nitrogen and oxygen atoms in total. The first kappa shape index (κ1) is 11.1. The number of nitrogens with two attached hydrogens (primary N) is 1. The van der Waals surface area contributed by atoms with Crippen LogP contribution in [0.5, 0.6) is 0 Å². The Morgan fingerprint density at radius 2 is 2.31 bits per heavy atom. The first-order valence-corrected chi connectivity index (χ1v) is 5.70. The van der Waals surface area contributed by atoms with Crippen LogP contribution in [0.15, 0.2) is 28.8 Å². The van der Waals surface area contributed by atoms with Gasteiger partial charge in [0.15, 0.2) is 5.16 Å². The second-order valence-corrected chi connectivity index (χ2v) is 4.45. The highest BCUT2D eigenvalue weighted by Gasteiger charge is 2.07. The normalized spacial score (nSPS) is 10.7. The predicted octanol–water partition coefficient (Wildman–Crippen LogP) is 1.13. The molecule has 0 saturated heterocycles. The third kappa shape index (κ3) is 2.23. The van der Waals surface area contributed by atoms with Crippen LogP contribution in [0, 0.1) is 6.92 Å². The molecule has 6 heteroatoms. The number of aromatic nitrogens is 4. The summed E-state index contributed by atoms with van der Waals surface area (Å²) in [6.45, 7) is 2.54. The molecule has 0 spiro atoms. The highest BCUT2D eigenvalue weighted by molar-refractivity contribution is 7.99. The minimum absolute atomic E-state index is 0.517. The molecule has 0 fully saturated rings. The monoisotopic (exact) mass is 235 g/mol. The molecule has 2 aromatic rings. The average Bonchev–Trinajstić information content (AvgIpc) is 2.67. The Balaban J connectivity index is 2.25. The van der Waals surface area contributed by atoms with Gasteiger partial charge in [-0.05, 0) is 29.8 Å². The molecule has 0 aliphatic heterocycles. The van der Waals surface area contributed by atoms with Crippen molar-refractivity contribution in [3.05, 3.63) is 29.7 Å². The van der Waals surface area contributed by atoms with E-state index < -0.39 is 0 Å². The van der Waals surface area contributed by atoms with Crippen molar-refractivity contribution < 1.29 is 0 Å². The predicted molar refractivity (Wildman–Crippen MR) is 62.0 cm³/mol. The minimum Gasteiger partial charge on any atom is -0.326 e. The van der Waals surface area contributed by atoms with Gasteiger partial charge < -0.3 is 10.3 Å². The van der Waals surface area contributed by atoms with Crippen LogP contribution in [0.4, 0.5) is 0 Å². The van der Waals surface area contributed by atoms with E-state index in [0.29, 0.717) is 6.54 Å². The summed E-state index contributed by atoms with van der Waals surface area (Å²) in [5, 5.41) is 9.60. The van der Waals surface area contributed by atoms with Crippen molar-refractivity contribution in [1.82, 2.24) is 19.7 Å². The molecule has 0 aliphatic carbocycles. The number of hydrogen-bond acceptors (Lipinski definition) is 5. The minimum atomic E-state index is 0.517. The van der Waals surface area contributed by atoms with Gasteiger partial charge in [0.1, 0.15) is 11.4 Å². The van der Waals surface area contributed by atoms with Crippen LogP contribution < -0.4 is 5.73 Å². The Kier molecular flexibility index (Phi) is 3.21. The van der Waals surface area contributed by atoms with E-state index >= 15 is 0 Å². The lowest BCUT2D eigenvalue weighted by Gasteiger charge is -2.05. The molecule has 2 N–H and O–H groups in total. The topological polar surface area (TPSA) is 69.6 Å². The molecule has 16 heavy (non-hydrogen) atoms. The third-order valence-corrected chi connectivity index (χ3v) is 3.35. The zero-order valence-electron chi connectivity index (χ0n) is 9.21. The fraction of sp³-hybridized carbons (Fsp3) is 0.300. The molecule has 84 valence electrons. The van der Waals surface area contributed by atoms with Gasteiger partial charge in [0.25, 0.3) is 0 Å². The molecule has 0 amide bonds. The van der Waals surface area contributed by atoms with Gasteiger partial charge in [-0.15, -0.1) is 10.2 Å². The van der Waals surface area contributed by atoms with Crippen molar-refractivity contribution in [2.45, 2.75) is 23.7 Å². The molecule has 0 atom stereocenters. The van der Waals surface area contributed by atoms with Crippen LogP contribution in [0.1, 0.15) is 11.1 Å². The van der Waals surface area contributed by atoms with Gasteiger partial charge in [-0.25, -0.2) is 4.98 Å². The Morgan fingerprint density at radius 1 is 1.50 bits per heavy atom. The number of nitrogens with zero attached hydrogens (tertiary/aromatic N) is 4. The quantitative estimate of drug-likeness (QED) is 0.863. The largest absolute Gasteiger partial charge is 0.326 e. The molecular formula is C10H13N5S. The Hall–Kier alpha value is -1.40. The fourth-order valence-corrected chi connectivity index (χ4v) is 2.07. The lowest BCUT2D eigenvalue weighted by molar-refractivity contribution is 0.786. The van der Waals surface area contributed by atoms with E-state index in [1.165, 1.54) is 11.8 Å². The van der Waals surface area contributed by atoms with Crippen LogP contribution in [0.2, 0.25) is 0 Å². The molecule has 2 rings (SSSR count).